The molecule has 1 aliphatic carbocycles. The van der Waals surface area contributed by atoms with E-state index in [9.17, 15) is 0 Å². The van der Waals surface area contributed by atoms with Crippen molar-refractivity contribution in [1.82, 2.24) is 0 Å². The van der Waals surface area contributed by atoms with E-state index < -0.39 is 0 Å². The van der Waals surface area contributed by atoms with Crippen LogP contribution >= 0.6 is 0 Å². The Kier molecular flexibility index (Phi) is 11.5. The van der Waals surface area contributed by atoms with Gasteiger partial charge in [-0.15, -0.1) is 0 Å². The van der Waals surface area contributed by atoms with Gasteiger partial charge in [0.1, 0.15) is 0 Å². The lowest BCUT2D eigenvalue weighted by atomic mass is 9.88. The van der Waals surface area contributed by atoms with Crippen LogP contribution in [0.5, 0.6) is 0 Å². The molecule has 0 aromatic rings. The first-order chi connectivity index (χ1) is 9.83. The molecule has 0 amide bonds. The van der Waals surface area contributed by atoms with Crippen molar-refractivity contribution in [2.24, 2.45) is 11.8 Å². The Bertz CT molecular complexity index is 196. The molecule has 1 fully saturated rings. The molecule has 2 atom stereocenters. The van der Waals surface area contributed by atoms with E-state index in [0.717, 1.165) is 11.8 Å². The normalized spacial score (nSPS) is 28.5. The summed E-state index contributed by atoms with van der Waals surface area (Å²) in [6, 6.07) is 0. The van der Waals surface area contributed by atoms with Gasteiger partial charge >= 0.3 is 0 Å². The van der Waals surface area contributed by atoms with Crippen LogP contribution in [0, 0.1) is 11.8 Å². The van der Waals surface area contributed by atoms with Crippen LogP contribution in [0.4, 0.5) is 0 Å². The standard InChI is InChI=1S/C20H40/c1-3-4-16-20-17-12-10-8-6-5-7-9-11-14-19(2)15-13-18-20/h19-20H,3-18H2,1-2H3. The van der Waals surface area contributed by atoms with Crippen molar-refractivity contribution in [3.05, 3.63) is 0 Å². The van der Waals surface area contributed by atoms with Crippen LogP contribution in [0.15, 0.2) is 0 Å². The Hall–Kier alpha value is 0. The first-order valence-corrected chi connectivity index (χ1v) is 9.83. The second kappa shape index (κ2) is 12.7. The average Bonchev–Trinajstić information content (AvgIpc) is 2.45. The first-order valence-electron chi connectivity index (χ1n) is 9.83. The quantitative estimate of drug-likeness (QED) is 0.501. The fourth-order valence-electron chi connectivity index (χ4n) is 3.81. The highest BCUT2D eigenvalue weighted by Crippen LogP contribution is 2.26. The molecule has 20 heavy (non-hydrogen) atoms. The van der Waals surface area contributed by atoms with Gasteiger partial charge in [0.15, 0.2) is 0 Å². The molecular formula is C20H40. The minimum absolute atomic E-state index is 0.979. The molecule has 0 aliphatic heterocycles. The van der Waals surface area contributed by atoms with Crippen LogP contribution in [0.1, 0.15) is 117 Å². The third-order valence-electron chi connectivity index (χ3n) is 5.33. The average molecular weight is 281 g/mol. The second-order valence-electron chi connectivity index (χ2n) is 7.45. The molecule has 0 heterocycles. The number of rotatable bonds is 3. The maximum atomic E-state index is 2.49. The van der Waals surface area contributed by atoms with Crippen molar-refractivity contribution < 1.29 is 0 Å². The molecular weight excluding hydrogens is 240 g/mol. The molecule has 1 rings (SSSR count). The van der Waals surface area contributed by atoms with Gasteiger partial charge < -0.3 is 0 Å². The topological polar surface area (TPSA) is 0 Å². The van der Waals surface area contributed by atoms with Crippen LogP contribution in [-0.4, -0.2) is 0 Å². The lowest BCUT2D eigenvalue weighted by Gasteiger charge is -2.18. The zero-order valence-corrected chi connectivity index (χ0v) is 14.5. The van der Waals surface area contributed by atoms with Gasteiger partial charge in [0.05, 0.1) is 0 Å². The van der Waals surface area contributed by atoms with E-state index in [0.29, 0.717) is 0 Å². The molecule has 0 bridgehead atoms. The van der Waals surface area contributed by atoms with Crippen LogP contribution in [0.3, 0.4) is 0 Å². The summed E-state index contributed by atoms with van der Waals surface area (Å²) in [6.07, 6.45) is 23.8. The number of hydrogen-bond donors (Lipinski definition) is 0. The van der Waals surface area contributed by atoms with Gasteiger partial charge in [-0.3, -0.25) is 0 Å². The summed E-state index contributed by atoms with van der Waals surface area (Å²) in [5, 5.41) is 0. The van der Waals surface area contributed by atoms with Crippen molar-refractivity contribution in [1.29, 1.82) is 0 Å². The fraction of sp³-hybridized carbons (Fsp3) is 1.00. The summed E-state index contributed by atoms with van der Waals surface area (Å²) in [5.74, 6) is 2.03. The maximum absolute atomic E-state index is 2.49. The lowest BCUT2D eigenvalue weighted by Crippen LogP contribution is -2.03. The Balaban J connectivity index is 2.30. The molecule has 0 heteroatoms. The SMILES string of the molecule is CCCCC1CCCCCCCCCCC(C)CCC1. The largest absolute Gasteiger partial charge is 0.0654 e. The summed E-state index contributed by atoms with van der Waals surface area (Å²) in [4.78, 5) is 0. The van der Waals surface area contributed by atoms with Crippen molar-refractivity contribution in [3.63, 3.8) is 0 Å². The number of unbranched alkanes of at least 4 members (excludes halogenated alkanes) is 1. The Morgan fingerprint density at radius 2 is 1.15 bits per heavy atom. The molecule has 1 aliphatic rings. The molecule has 0 spiro atoms. The minimum atomic E-state index is 0.979. The Morgan fingerprint density at radius 3 is 1.80 bits per heavy atom. The molecule has 0 nitrogen and oxygen atoms in total. The fourth-order valence-corrected chi connectivity index (χ4v) is 3.81. The molecule has 0 saturated heterocycles. The Morgan fingerprint density at radius 1 is 0.650 bits per heavy atom. The smallest absolute Gasteiger partial charge is 0.0414 e. The number of hydrogen-bond acceptors (Lipinski definition) is 0. The molecule has 0 aromatic carbocycles. The lowest BCUT2D eigenvalue weighted by molar-refractivity contribution is 0.354. The zero-order chi connectivity index (χ0) is 14.5. The van der Waals surface area contributed by atoms with E-state index in [1.807, 2.05) is 0 Å². The highest BCUT2D eigenvalue weighted by Gasteiger charge is 2.10. The summed E-state index contributed by atoms with van der Waals surface area (Å²) in [5.41, 5.74) is 0. The van der Waals surface area contributed by atoms with Crippen LogP contribution in [0.25, 0.3) is 0 Å². The van der Waals surface area contributed by atoms with Crippen molar-refractivity contribution in [2.75, 3.05) is 0 Å². The molecule has 0 radical (unpaired) electrons. The Labute approximate surface area is 129 Å². The zero-order valence-electron chi connectivity index (χ0n) is 14.5. The predicted octanol–water partition coefficient (Wildman–Crippen LogP) is 7.51. The third-order valence-corrected chi connectivity index (χ3v) is 5.33. The highest BCUT2D eigenvalue weighted by atomic mass is 14.2. The van der Waals surface area contributed by atoms with Gasteiger partial charge in [-0.05, 0) is 11.8 Å². The van der Waals surface area contributed by atoms with Crippen molar-refractivity contribution in [2.45, 2.75) is 117 Å². The van der Waals surface area contributed by atoms with Gasteiger partial charge in [-0.25, -0.2) is 0 Å². The molecule has 0 aromatic heterocycles. The van der Waals surface area contributed by atoms with E-state index >= 15 is 0 Å². The predicted molar refractivity (Wildman–Crippen MR) is 92.2 cm³/mol. The van der Waals surface area contributed by atoms with E-state index in [1.165, 1.54) is 103 Å². The first kappa shape index (κ1) is 18.1. The summed E-state index contributed by atoms with van der Waals surface area (Å²) >= 11 is 0. The third kappa shape index (κ3) is 9.83. The monoisotopic (exact) mass is 280 g/mol. The van der Waals surface area contributed by atoms with E-state index in [4.69, 9.17) is 0 Å². The summed E-state index contributed by atoms with van der Waals surface area (Å²) in [7, 11) is 0. The van der Waals surface area contributed by atoms with Gasteiger partial charge in [0.25, 0.3) is 0 Å². The minimum Gasteiger partial charge on any atom is -0.0654 e. The van der Waals surface area contributed by atoms with E-state index in [-0.39, 0.29) is 0 Å². The van der Waals surface area contributed by atoms with Crippen LogP contribution in [-0.2, 0) is 0 Å². The van der Waals surface area contributed by atoms with Crippen molar-refractivity contribution >= 4 is 0 Å². The van der Waals surface area contributed by atoms with E-state index in [1.54, 1.807) is 0 Å². The van der Waals surface area contributed by atoms with Crippen molar-refractivity contribution in [3.8, 4) is 0 Å². The molecule has 1 saturated carbocycles. The summed E-state index contributed by atoms with van der Waals surface area (Å²) < 4.78 is 0. The van der Waals surface area contributed by atoms with E-state index in [2.05, 4.69) is 13.8 Å². The van der Waals surface area contributed by atoms with Gasteiger partial charge in [-0.2, -0.15) is 0 Å². The van der Waals surface area contributed by atoms with Gasteiger partial charge in [0.2, 0.25) is 0 Å². The maximum Gasteiger partial charge on any atom is -0.0414 e. The second-order valence-corrected chi connectivity index (χ2v) is 7.45. The van der Waals surface area contributed by atoms with Gasteiger partial charge in [0, 0.05) is 0 Å². The molecule has 120 valence electrons. The van der Waals surface area contributed by atoms with Crippen LogP contribution < -0.4 is 0 Å². The molecule has 2 unspecified atom stereocenters. The summed E-state index contributed by atoms with van der Waals surface area (Å²) in [6.45, 7) is 4.83. The highest BCUT2D eigenvalue weighted by molar-refractivity contribution is 4.63. The van der Waals surface area contributed by atoms with Crippen LogP contribution in [0.2, 0.25) is 0 Å². The molecule has 0 N–H and O–H groups in total. The van der Waals surface area contributed by atoms with Gasteiger partial charge in [-0.1, -0.05) is 117 Å².